The molecule has 31 heavy (non-hydrogen) atoms. The molecule has 0 unspecified atom stereocenters. The third kappa shape index (κ3) is 4.86. The number of ether oxygens (including phenoxy) is 3. The molecule has 0 bridgehead atoms. The number of methoxy groups -OCH3 is 1. The van der Waals surface area contributed by atoms with Crippen molar-refractivity contribution in [2.24, 2.45) is 5.16 Å². The average Bonchev–Trinajstić information content (AvgIpc) is 2.76. The van der Waals surface area contributed by atoms with Gasteiger partial charge in [-0.3, -0.25) is 0 Å². The molecule has 11 heteroatoms. The summed E-state index contributed by atoms with van der Waals surface area (Å²) in [6.07, 6.45) is 0.980. The van der Waals surface area contributed by atoms with Crippen LogP contribution in [0.5, 0.6) is 23.3 Å². The van der Waals surface area contributed by atoms with Crippen molar-refractivity contribution < 1.29 is 32.6 Å². The standard InChI is InChI=1S/C20H14ClF2N3O5/c1-28-20(27)17(26-29-2)15-12(22)7-5-9-14(15)31-19-16(23)18(24-10-25-19)30-13-8-4-3-6-11(13)21/h3-10H,1-2H3. The zero-order chi connectivity index (χ0) is 22.4. The minimum absolute atomic E-state index is 0.152. The van der Waals surface area contributed by atoms with Crippen LogP contribution >= 0.6 is 11.6 Å². The van der Waals surface area contributed by atoms with E-state index in [-0.39, 0.29) is 16.5 Å². The van der Waals surface area contributed by atoms with E-state index in [1.54, 1.807) is 18.2 Å². The number of oxime groups is 1. The highest BCUT2D eigenvalue weighted by molar-refractivity contribution is 6.43. The molecule has 0 aliphatic heterocycles. The molecule has 0 saturated carbocycles. The third-order valence-electron chi connectivity index (χ3n) is 3.75. The minimum atomic E-state index is -1.08. The molecule has 0 fully saturated rings. The number of hydrogen-bond donors (Lipinski definition) is 0. The summed E-state index contributed by atoms with van der Waals surface area (Å²) in [5.41, 5.74) is -0.942. The number of hydrogen-bond acceptors (Lipinski definition) is 8. The first kappa shape index (κ1) is 21.9. The first-order valence-corrected chi connectivity index (χ1v) is 8.93. The number of aromatic nitrogens is 2. The number of esters is 1. The van der Waals surface area contributed by atoms with Gasteiger partial charge in [0.05, 0.1) is 17.7 Å². The van der Waals surface area contributed by atoms with Crippen LogP contribution in [0.4, 0.5) is 8.78 Å². The first-order chi connectivity index (χ1) is 15.0. The molecule has 0 saturated heterocycles. The average molecular weight is 450 g/mol. The van der Waals surface area contributed by atoms with Crippen molar-refractivity contribution in [3.8, 4) is 23.3 Å². The van der Waals surface area contributed by atoms with Gasteiger partial charge in [0.25, 0.3) is 11.8 Å². The van der Waals surface area contributed by atoms with Gasteiger partial charge < -0.3 is 19.0 Å². The topological polar surface area (TPSA) is 92.1 Å². The fourth-order valence-electron chi connectivity index (χ4n) is 2.41. The van der Waals surface area contributed by atoms with Crippen LogP contribution in [0, 0.1) is 11.6 Å². The summed E-state index contributed by atoms with van der Waals surface area (Å²) >= 11 is 6.01. The Morgan fingerprint density at radius 2 is 1.61 bits per heavy atom. The van der Waals surface area contributed by atoms with E-state index in [2.05, 4.69) is 24.7 Å². The Kier molecular flexibility index (Phi) is 6.93. The molecule has 1 heterocycles. The molecule has 8 nitrogen and oxygen atoms in total. The smallest absolute Gasteiger partial charge is 0.361 e. The van der Waals surface area contributed by atoms with Gasteiger partial charge in [0.15, 0.2) is 0 Å². The molecule has 2 aromatic carbocycles. The van der Waals surface area contributed by atoms with Crippen LogP contribution in [0.1, 0.15) is 5.56 Å². The van der Waals surface area contributed by atoms with Crippen molar-refractivity contribution in [3.63, 3.8) is 0 Å². The maximum atomic E-state index is 14.9. The number of carbonyl (C=O) groups excluding carboxylic acids is 1. The quantitative estimate of drug-likeness (QED) is 0.297. The Bertz CT molecular complexity index is 1140. The van der Waals surface area contributed by atoms with Gasteiger partial charge in [0.1, 0.15) is 30.8 Å². The summed E-state index contributed by atoms with van der Waals surface area (Å²) in [5.74, 6) is -4.16. The molecule has 160 valence electrons. The lowest BCUT2D eigenvalue weighted by atomic mass is 10.1. The van der Waals surface area contributed by atoms with Crippen LogP contribution < -0.4 is 9.47 Å². The molecule has 0 aliphatic rings. The largest absolute Gasteiger partial charge is 0.464 e. The summed E-state index contributed by atoms with van der Waals surface area (Å²) in [6.45, 7) is 0. The van der Waals surface area contributed by atoms with E-state index < -0.39 is 40.6 Å². The fraction of sp³-hybridized carbons (Fsp3) is 0.100. The predicted octanol–water partition coefficient (Wildman–Crippen LogP) is 4.52. The lowest BCUT2D eigenvalue weighted by molar-refractivity contribution is -0.132. The molecule has 1 aromatic heterocycles. The van der Waals surface area contributed by atoms with E-state index >= 15 is 0 Å². The Balaban J connectivity index is 2.01. The van der Waals surface area contributed by atoms with Crippen molar-refractivity contribution in [2.45, 2.75) is 0 Å². The highest BCUT2D eigenvalue weighted by Crippen LogP contribution is 2.34. The Hall–Kier alpha value is -3.79. The molecular weight excluding hydrogens is 436 g/mol. The number of benzene rings is 2. The second-order valence-corrected chi connectivity index (χ2v) is 6.07. The highest BCUT2D eigenvalue weighted by atomic mass is 35.5. The van der Waals surface area contributed by atoms with E-state index in [4.69, 9.17) is 21.1 Å². The third-order valence-corrected chi connectivity index (χ3v) is 4.06. The van der Waals surface area contributed by atoms with Crippen LogP contribution in [0.2, 0.25) is 5.02 Å². The van der Waals surface area contributed by atoms with Gasteiger partial charge in [-0.25, -0.2) is 9.18 Å². The Morgan fingerprint density at radius 1 is 0.968 bits per heavy atom. The molecule has 0 N–H and O–H groups in total. The second kappa shape index (κ2) is 9.81. The summed E-state index contributed by atoms with van der Waals surface area (Å²) in [4.78, 5) is 24.1. The number of rotatable bonds is 7. The van der Waals surface area contributed by atoms with Crippen molar-refractivity contribution in [1.82, 2.24) is 9.97 Å². The highest BCUT2D eigenvalue weighted by Gasteiger charge is 2.26. The number of nitrogens with zero attached hydrogens (tertiary/aromatic N) is 3. The van der Waals surface area contributed by atoms with Gasteiger partial charge in [0, 0.05) is 0 Å². The summed E-state index contributed by atoms with van der Waals surface area (Å²) < 4.78 is 44.9. The molecule has 0 amide bonds. The number of halogens is 3. The van der Waals surface area contributed by atoms with Gasteiger partial charge >= 0.3 is 5.97 Å². The molecule has 0 spiro atoms. The predicted molar refractivity (Wildman–Crippen MR) is 106 cm³/mol. The zero-order valence-electron chi connectivity index (χ0n) is 16.1. The van der Waals surface area contributed by atoms with Crippen molar-refractivity contribution >= 4 is 23.3 Å². The molecule has 0 aliphatic carbocycles. The SMILES string of the molecule is CON=C(C(=O)OC)c1c(F)cccc1Oc1ncnc(Oc2ccccc2Cl)c1F. The van der Waals surface area contributed by atoms with Gasteiger partial charge in [0.2, 0.25) is 11.5 Å². The fourth-order valence-corrected chi connectivity index (χ4v) is 2.58. The van der Waals surface area contributed by atoms with Gasteiger partial charge in [-0.2, -0.15) is 14.4 Å². The number of carbonyl (C=O) groups is 1. The van der Waals surface area contributed by atoms with Crippen LogP contribution in [-0.4, -0.2) is 35.9 Å². The van der Waals surface area contributed by atoms with E-state index in [0.717, 1.165) is 26.6 Å². The monoisotopic (exact) mass is 449 g/mol. The van der Waals surface area contributed by atoms with Gasteiger partial charge in [-0.05, 0) is 24.3 Å². The van der Waals surface area contributed by atoms with E-state index in [1.165, 1.54) is 18.2 Å². The second-order valence-electron chi connectivity index (χ2n) is 5.66. The normalized spacial score (nSPS) is 11.1. The lowest BCUT2D eigenvalue weighted by Gasteiger charge is -2.13. The Morgan fingerprint density at radius 3 is 2.26 bits per heavy atom. The first-order valence-electron chi connectivity index (χ1n) is 8.55. The van der Waals surface area contributed by atoms with Crippen LogP contribution in [0.25, 0.3) is 0 Å². The Labute approximate surface area is 180 Å². The molecule has 3 aromatic rings. The molecule has 3 rings (SSSR count). The van der Waals surface area contributed by atoms with E-state index in [1.807, 2.05) is 0 Å². The van der Waals surface area contributed by atoms with Crippen molar-refractivity contribution in [2.75, 3.05) is 14.2 Å². The molecule has 0 atom stereocenters. The maximum Gasteiger partial charge on any atom is 0.361 e. The minimum Gasteiger partial charge on any atom is -0.464 e. The van der Waals surface area contributed by atoms with Gasteiger partial charge in [-0.15, -0.1) is 0 Å². The van der Waals surface area contributed by atoms with Crippen LogP contribution in [-0.2, 0) is 14.4 Å². The summed E-state index contributed by atoms with van der Waals surface area (Å²) in [7, 11) is 2.24. The molecular formula is C20H14ClF2N3O5. The summed E-state index contributed by atoms with van der Waals surface area (Å²) in [6, 6.07) is 10.00. The maximum absolute atomic E-state index is 14.9. The number of para-hydroxylation sites is 1. The zero-order valence-corrected chi connectivity index (χ0v) is 16.9. The molecule has 0 radical (unpaired) electrons. The van der Waals surface area contributed by atoms with Crippen LogP contribution in [0.3, 0.4) is 0 Å². The van der Waals surface area contributed by atoms with E-state index in [9.17, 15) is 13.6 Å². The van der Waals surface area contributed by atoms with E-state index in [0.29, 0.717) is 0 Å². The summed E-state index contributed by atoms with van der Waals surface area (Å²) in [5, 5.41) is 3.72. The van der Waals surface area contributed by atoms with Crippen molar-refractivity contribution in [1.29, 1.82) is 0 Å². The van der Waals surface area contributed by atoms with Gasteiger partial charge in [-0.1, -0.05) is 35.0 Å². The van der Waals surface area contributed by atoms with Crippen LogP contribution in [0.15, 0.2) is 53.9 Å². The van der Waals surface area contributed by atoms with Crippen molar-refractivity contribution in [3.05, 3.63) is 71.0 Å². The lowest BCUT2D eigenvalue weighted by Crippen LogP contribution is -2.20.